The van der Waals surface area contributed by atoms with Crippen molar-refractivity contribution in [1.82, 2.24) is 15.4 Å². The van der Waals surface area contributed by atoms with E-state index in [-0.39, 0.29) is 23.0 Å². The summed E-state index contributed by atoms with van der Waals surface area (Å²) in [7, 11) is -3.52. The second kappa shape index (κ2) is 9.61. The van der Waals surface area contributed by atoms with Gasteiger partial charge in [-0.25, -0.2) is 17.9 Å². The number of urea groups is 1. The molecule has 0 unspecified atom stereocenters. The van der Waals surface area contributed by atoms with Crippen LogP contribution in [0.2, 0.25) is 5.02 Å². The minimum Gasteiger partial charge on any atom is -0.335 e. The van der Waals surface area contributed by atoms with Gasteiger partial charge >= 0.3 is 6.03 Å². The average molecular weight is 436 g/mol. The number of hydrogen-bond donors (Lipinski definition) is 3. The Morgan fingerprint density at radius 1 is 1.00 bits per heavy atom. The molecule has 0 heterocycles. The van der Waals surface area contributed by atoms with Gasteiger partial charge in [-0.3, -0.25) is 0 Å². The minimum absolute atomic E-state index is 0.0291. The molecule has 0 radical (unpaired) electrons. The number of aryl methyl sites for hydroxylation is 1. The molecule has 0 atom stereocenters. The predicted molar refractivity (Wildman–Crippen MR) is 114 cm³/mol. The van der Waals surface area contributed by atoms with Crippen LogP contribution in [-0.4, -0.2) is 26.5 Å². The quantitative estimate of drug-likeness (QED) is 0.645. The van der Waals surface area contributed by atoms with Crippen LogP contribution in [0.5, 0.6) is 0 Å². The third kappa shape index (κ3) is 6.19. The first-order valence-corrected chi connectivity index (χ1v) is 11.6. The molecule has 2 aromatic carbocycles. The molecule has 2 aromatic rings. The number of carbonyl (C=O) groups excluding carboxylic acids is 1. The molecule has 8 heteroatoms. The van der Waals surface area contributed by atoms with Crippen LogP contribution in [0, 0.1) is 6.92 Å². The van der Waals surface area contributed by atoms with E-state index in [9.17, 15) is 13.2 Å². The molecule has 29 heavy (non-hydrogen) atoms. The van der Waals surface area contributed by atoms with Crippen molar-refractivity contribution in [3.05, 3.63) is 64.7 Å². The third-order valence-corrected chi connectivity index (χ3v) is 7.02. The van der Waals surface area contributed by atoms with Crippen molar-refractivity contribution in [3.8, 4) is 0 Å². The highest BCUT2D eigenvalue weighted by Crippen LogP contribution is 2.21. The Morgan fingerprint density at radius 3 is 2.28 bits per heavy atom. The van der Waals surface area contributed by atoms with Gasteiger partial charge in [-0.15, -0.1) is 0 Å². The molecule has 3 rings (SSSR count). The fourth-order valence-corrected chi connectivity index (χ4v) is 4.92. The summed E-state index contributed by atoms with van der Waals surface area (Å²) in [5.74, 6) is 0. The van der Waals surface area contributed by atoms with E-state index in [4.69, 9.17) is 11.6 Å². The number of benzene rings is 2. The SMILES string of the molecule is Cc1ccc(S(=O)(=O)NC2CCC(NC(=O)NCc3ccccc3Cl)CC2)cc1. The molecule has 1 aliphatic carbocycles. The summed E-state index contributed by atoms with van der Waals surface area (Å²) in [6.45, 7) is 2.28. The van der Waals surface area contributed by atoms with E-state index < -0.39 is 10.0 Å². The smallest absolute Gasteiger partial charge is 0.315 e. The fourth-order valence-electron chi connectivity index (χ4n) is 3.41. The first-order chi connectivity index (χ1) is 13.8. The van der Waals surface area contributed by atoms with Crippen molar-refractivity contribution in [2.24, 2.45) is 0 Å². The number of sulfonamides is 1. The zero-order valence-electron chi connectivity index (χ0n) is 16.3. The van der Waals surface area contributed by atoms with Crippen molar-refractivity contribution < 1.29 is 13.2 Å². The van der Waals surface area contributed by atoms with Crippen LogP contribution >= 0.6 is 11.6 Å². The van der Waals surface area contributed by atoms with Crippen molar-refractivity contribution in [3.63, 3.8) is 0 Å². The van der Waals surface area contributed by atoms with Gasteiger partial charge in [0.25, 0.3) is 0 Å². The van der Waals surface area contributed by atoms with Crippen LogP contribution in [0.1, 0.15) is 36.8 Å². The maximum Gasteiger partial charge on any atom is 0.315 e. The molecule has 0 bridgehead atoms. The van der Waals surface area contributed by atoms with Gasteiger partial charge in [-0.1, -0.05) is 47.5 Å². The second-order valence-electron chi connectivity index (χ2n) is 7.40. The molecular weight excluding hydrogens is 410 g/mol. The van der Waals surface area contributed by atoms with Crippen LogP contribution in [0.4, 0.5) is 4.79 Å². The Hall–Kier alpha value is -2.09. The van der Waals surface area contributed by atoms with Gasteiger partial charge in [0, 0.05) is 23.7 Å². The lowest BCUT2D eigenvalue weighted by atomic mass is 9.92. The van der Waals surface area contributed by atoms with Crippen LogP contribution < -0.4 is 15.4 Å². The van der Waals surface area contributed by atoms with Gasteiger partial charge in [0.05, 0.1) is 4.90 Å². The topological polar surface area (TPSA) is 87.3 Å². The highest BCUT2D eigenvalue weighted by Gasteiger charge is 2.26. The fraction of sp³-hybridized carbons (Fsp3) is 0.381. The van der Waals surface area contributed by atoms with E-state index >= 15 is 0 Å². The first-order valence-electron chi connectivity index (χ1n) is 9.70. The molecule has 1 saturated carbocycles. The summed E-state index contributed by atoms with van der Waals surface area (Å²) in [6, 6.07) is 13.9. The highest BCUT2D eigenvalue weighted by atomic mass is 35.5. The number of halogens is 1. The molecule has 1 aliphatic rings. The largest absolute Gasteiger partial charge is 0.335 e. The maximum atomic E-state index is 12.5. The van der Waals surface area contributed by atoms with Gasteiger partial charge in [0.15, 0.2) is 0 Å². The van der Waals surface area contributed by atoms with Crippen LogP contribution in [0.3, 0.4) is 0 Å². The van der Waals surface area contributed by atoms with E-state index in [1.807, 2.05) is 25.1 Å². The van der Waals surface area contributed by atoms with Crippen molar-refractivity contribution in [1.29, 1.82) is 0 Å². The molecule has 156 valence electrons. The van der Waals surface area contributed by atoms with Crippen LogP contribution in [0.25, 0.3) is 0 Å². The Bertz CT molecular complexity index is 940. The van der Waals surface area contributed by atoms with E-state index in [1.165, 1.54) is 0 Å². The molecule has 0 aromatic heterocycles. The molecular formula is C21H26ClN3O3S. The van der Waals surface area contributed by atoms with E-state index in [0.717, 1.165) is 24.0 Å². The Kier molecular flexibility index (Phi) is 7.16. The Balaban J connectivity index is 1.43. The molecule has 1 fully saturated rings. The number of amides is 2. The summed E-state index contributed by atoms with van der Waals surface area (Å²) >= 11 is 6.09. The molecule has 0 aliphatic heterocycles. The predicted octanol–water partition coefficient (Wildman–Crippen LogP) is 3.74. The number of carbonyl (C=O) groups is 1. The van der Waals surface area contributed by atoms with Crippen LogP contribution in [0.15, 0.2) is 53.4 Å². The summed E-state index contributed by atoms with van der Waals surface area (Å²) < 4.78 is 27.8. The zero-order chi connectivity index (χ0) is 20.9. The molecule has 0 spiro atoms. The average Bonchev–Trinajstić information content (AvgIpc) is 2.69. The first kappa shape index (κ1) is 21.6. The molecule has 6 nitrogen and oxygen atoms in total. The number of hydrogen-bond acceptors (Lipinski definition) is 3. The standard InChI is InChI=1S/C21H26ClN3O3S/c1-15-6-12-19(13-7-15)29(27,28)25-18-10-8-17(9-11-18)24-21(26)23-14-16-4-2-3-5-20(16)22/h2-7,12-13,17-18,25H,8-11,14H2,1H3,(H2,23,24,26). The van der Waals surface area contributed by atoms with Gasteiger partial charge in [-0.05, 0) is 56.4 Å². The lowest BCUT2D eigenvalue weighted by molar-refractivity contribution is 0.230. The zero-order valence-corrected chi connectivity index (χ0v) is 17.9. The lowest BCUT2D eigenvalue weighted by Crippen LogP contribution is -2.46. The molecule has 2 amide bonds. The second-order valence-corrected chi connectivity index (χ2v) is 9.52. The van der Waals surface area contributed by atoms with Gasteiger partial charge in [0.2, 0.25) is 10.0 Å². The normalized spacial score (nSPS) is 19.5. The summed E-state index contributed by atoms with van der Waals surface area (Å²) in [5.41, 5.74) is 1.88. The third-order valence-electron chi connectivity index (χ3n) is 5.11. The van der Waals surface area contributed by atoms with Crippen molar-refractivity contribution in [2.75, 3.05) is 0 Å². The maximum absolute atomic E-state index is 12.5. The van der Waals surface area contributed by atoms with E-state index in [2.05, 4.69) is 15.4 Å². The molecule has 3 N–H and O–H groups in total. The highest BCUT2D eigenvalue weighted by molar-refractivity contribution is 7.89. The van der Waals surface area contributed by atoms with Crippen LogP contribution in [-0.2, 0) is 16.6 Å². The van der Waals surface area contributed by atoms with E-state index in [0.29, 0.717) is 24.4 Å². The Labute approximate surface area is 177 Å². The number of rotatable bonds is 6. The lowest BCUT2D eigenvalue weighted by Gasteiger charge is -2.29. The monoisotopic (exact) mass is 435 g/mol. The summed E-state index contributed by atoms with van der Waals surface area (Å²) in [5, 5.41) is 6.40. The van der Waals surface area contributed by atoms with Gasteiger partial charge in [-0.2, -0.15) is 0 Å². The van der Waals surface area contributed by atoms with Crippen molar-refractivity contribution >= 4 is 27.7 Å². The van der Waals surface area contributed by atoms with Crippen molar-refractivity contribution in [2.45, 2.75) is 56.1 Å². The summed E-state index contributed by atoms with van der Waals surface area (Å²) in [6.07, 6.45) is 2.81. The van der Waals surface area contributed by atoms with E-state index in [1.54, 1.807) is 30.3 Å². The molecule has 0 saturated heterocycles. The minimum atomic E-state index is -3.52. The Morgan fingerprint density at radius 2 is 1.62 bits per heavy atom. The van der Waals surface area contributed by atoms with Gasteiger partial charge < -0.3 is 10.6 Å². The van der Waals surface area contributed by atoms with Gasteiger partial charge in [0.1, 0.15) is 0 Å². The summed E-state index contributed by atoms with van der Waals surface area (Å²) in [4.78, 5) is 12.4. The number of nitrogens with one attached hydrogen (secondary N) is 3.